The number of benzene rings is 3. The van der Waals surface area contributed by atoms with Gasteiger partial charge in [-0.2, -0.15) is 0 Å². The van der Waals surface area contributed by atoms with E-state index in [1.165, 1.54) is 31.4 Å². The number of esters is 2. The number of H-pyrrole nitrogens is 1. The molecule has 0 saturated carbocycles. The molecule has 2 amide bonds. The Bertz CT molecular complexity index is 1480. The van der Waals surface area contributed by atoms with Crippen molar-refractivity contribution in [2.24, 2.45) is 0 Å². The van der Waals surface area contributed by atoms with Gasteiger partial charge in [0.2, 0.25) is 0 Å². The smallest absolute Gasteiger partial charge is 0.339 e. The van der Waals surface area contributed by atoms with E-state index in [0.717, 1.165) is 28.6 Å². The zero-order valence-electron chi connectivity index (χ0n) is 20.3. The normalized spacial score (nSPS) is 11.4. The maximum Gasteiger partial charge on any atom is 0.339 e. The first-order chi connectivity index (χ1) is 18.4. The fourth-order valence-electron chi connectivity index (χ4n) is 3.86. The molecule has 0 aliphatic heterocycles. The summed E-state index contributed by atoms with van der Waals surface area (Å²) in [6.45, 7) is -0.662. The maximum atomic E-state index is 13.3. The number of ether oxygens (including phenoxy) is 2. The minimum absolute atomic E-state index is 0.0720. The van der Waals surface area contributed by atoms with Crippen molar-refractivity contribution in [2.45, 2.75) is 12.5 Å². The van der Waals surface area contributed by atoms with Crippen LogP contribution in [0, 0.1) is 5.82 Å². The van der Waals surface area contributed by atoms with E-state index >= 15 is 0 Å². The van der Waals surface area contributed by atoms with Crippen LogP contribution in [0.15, 0.2) is 79.0 Å². The molecule has 0 saturated heterocycles. The van der Waals surface area contributed by atoms with Crippen LogP contribution in [-0.4, -0.2) is 48.5 Å². The Balaban J connectivity index is 1.48. The molecule has 0 bridgehead atoms. The monoisotopic (exact) mass is 517 g/mol. The zero-order chi connectivity index (χ0) is 27.1. The third kappa shape index (κ3) is 6.22. The molecule has 1 atom stereocenters. The van der Waals surface area contributed by atoms with E-state index in [9.17, 15) is 23.6 Å². The number of fused-ring (bicyclic) bond motifs is 1. The summed E-state index contributed by atoms with van der Waals surface area (Å²) in [4.78, 5) is 53.4. The summed E-state index contributed by atoms with van der Waals surface area (Å²) in [6, 6.07) is 17.4. The molecular weight excluding hydrogens is 493 g/mol. The second-order valence-corrected chi connectivity index (χ2v) is 8.29. The predicted octanol–water partition coefficient (Wildman–Crippen LogP) is 3.62. The molecule has 1 aromatic heterocycles. The van der Waals surface area contributed by atoms with Crippen molar-refractivity contribution in [3.05, 3.63) is 102 Å². The highest BCUT2D eigenvalue weighted by Gasteiger charge is 2.26. The number of hydrogen-bond acceptors (Lipinski definition) is 6. The molecule has 0 spiro atoms. The number of carbonyl (C=O) groups is 4. The Hall–Kier alpha value is -4.99. The van der Waals surface area contributed by atoms with Gasteiger partial charge < -0.3 is 25.1 Å². The number of halogens is 1. The number of anilines is 1. The predicted molar refractivity (Wildman–Crippen MR) is 137 cm³/mol. The van der Waals surface area contributed by atoms with Gasteiger partial charge in [0.1, 0.15) is 11.9 Å². The van der Waals surface area contributed by atoms with Crippen LogP contribution in [0.4, 0.5) is 10.1 Å². The molecule has 9 nitrogen and oxygen atoms in total. The van der Waals surface area contributed by atoms with E-state index in [4.69, 9.17) is 9.47 Å². The minimum atomic E-state index is -1.15. The maximum absolute atomic E-state index is 13.3. The van der Waals surface area contributed by atoms with Crippen LogP contribution in [0.5, 0.6) is 0 Å². The number of aromatic nitrogens is 1. The first-order valence-corrected chi connectivity index (χ1v) is 11.6. The number of para-hydroxylation sites is 2. The molecule has 3 aromatic carbocycles. The molecule has 194 valence electrons. The highest BCUT2D eigenvalue weighted by molar-refractivity contribution is 6.02. The SMILES string of the molecule is COC(=O)c1ccccc1NC(=O)COC(=O)C(Cc1c[nH]c2ccccc12)NC(=O)c1ccc(F)cc1. The van der Waals surface area contributed by atoms with Gasteiger partial charge >= 0.3 is 11.9 Å². The molecular formula is C28H24FN3O6. The van der Waals surface area contributed by atoms with E-state index < -0.39 is 42.2 Å². The van der Waals surface area contributed by atoms with Gasteiger partial charge in [0.15, 0.2) is 6.61 Å². The second kappa shape index (κ2) is 11.8. The largest absolute Gasteiger partial charge is 0.465 e. The van der Waals surface area contributed by atoms with Gasteiger partial charge in [0.05, 0.1) is 18.4 Å². The van der Waals surface area contributed by atoms with Gasteiger partial charge in [-0.25, -0.2) is 14.0 Å². The highest BCUT2D eigenvalue weighted by atomic mass is 19.1. The number of carbonyl (C=O) groups excluding carboxylic acids is 4. The summed E-state index contributed by atoms with van der Waals surface area (Å²) < 4.78 is 23.2. The summed E-state index contributed by atoms with van der Waals surface area (Å²) >= 11 is 0. The number of amides is 2. The van der Waals surface area contributed by atoms with Crippen molar-refractivity contribution < 1.29 is 33.0 Å². The number of hydrogen-bond donors (Lipinski definition) is 3. The average Bonchev–Trinajstić information content (AvgIpc) is 3.34. The summed E-state index contributed by atoms with van der Waals surface area (Å²) in [5.74, 6) is -3.29. The third-order valence-corrected chi connectivity index (χ3v) is 5.75. The number of rotatable bonds is 9. The fraction of sp³-hybridized carbons (Fsp3) is 0.143. The average molecular weight is 518 g/mol. The molecule has 38 heavy (non-hydrogen) atoms. The molecule has 1 heterocycles. The minimum Gasteiger partial charge on any atom is -0.465 e. The Morgan fingerprint density at radius 3 is 2.42 bits per heavy atom. The lowest BCUT2D eigenvalue weighted by Gasteiger charge is -2.18. The molecule has 4 aromatic rings. The van der Waals surface area contributed by atoms with E-state index in [1.54, 1.807) is 18.3 Å². The van der Waals surface area contributed by atoms with Gasteiger partial charge in [-0.3, -0.25) is 9.59 Å². The van der Waals surface area contributed by atoms with Crippen molar-refractivity contribution in [2.75, 3.05) is 19.0 Å². The summed E-state index contributed by atoms with van der Waals surface area (Å²) in [6.07, 6.45) is 1.80. The van der Waals surface area contributed by atoms with Crippen molar-refractivity contribution >= 4 is 40.3 Å². The second-order valence-electron chi connectivity index (χ2n) is 8.29. The van der Waals surface area contributed by atoms with Crippen molar-refractivity contribution in [1.82, 2.24) is 10.3 Å². The summed E-state index contributed by atoms with van der Waals surface area (Å²) in [5, 5.41) is 5.99. The van der Waals surface area contributed by atoms with Crippen LogP contribution in [-0.2, 0) is 25.5 Å². The zero-order valence-corrected chi connectivity index (χ0v) is 20.3. The van der Waals surface area contributed by atoms with Crippen LogP contribution in [0.3, 0.4) is 0 Å². The van der Waals surface area contributed by atoms with Gasteiger partial charge in [-0.1, -0.05) is 30.3 Å². The number of methoxy groups -OCH3 is 1. The number of aromatic amines is 1. The molecule has 0 aliphatic rings. The van der Waals surface area contributed by atoms with Crippen LogP contribution < -0.4 is 10.6 Å². The molecule has 0 aliphatic carbocycles. The molecule has 0 radical (unpaired) electrons. The van der Waals surface area contributed by atoms with Gasteiger partial charge in [-0.15, -0.1) is 0 Å². The summed E-state index contributed by atoms with van der Waals surface area (Å²) in [7, 11) is 1.22. The number of nitrogens with one attached hydrogen (secondary N) is 3. The van der Waals surface area contributed by atoms with Gasteiger partial charge in [-0.05, 0) is 48.0 Å². The standard InChI is InChI=1S/C28H24FN3O6/c1-37-27(35)21-7-3-5-9-23(21)31-25(33)16-38-28(36)24(32-26(34)17-10-12-19(29)13-11-17)14-18-15-30-22-8-4-2-6-20(18)22/h2-13,15,24,30H,14,16H2,1H3,(H,31,33)(H,32,34). The Morgan fingerprint density at radius 2 is 1.66 bits per heavy atom. The lowest BCUT2D eigenvalue weighted by atomic mass is 10.0. The lowest BCUT2D eigenvalue weighted by molar-refractivity contribution is -0.149. The van der Waals surface area contributed by atoms with Crippen LogP contribution in [0.25, 0.3) is 10.9 Å². The molecule has 3 N–H and O–H groups in total. The van der Waals surface area contributed by atoms with Crippen LogP contribution in [0.2, 0.25) is 0 Å². The van der Waals surface area contributed by atoms with E-state index in [0.29, 0.717) is 0 Å². The Morgan fingerprint density at radius 1 is 0.947 bits per heavy atom. The molecule has 0 fully saturated rings. The first kappa shape index (κ1) is 26.1. The first-order valence-electron chi connectivity index (χ1n) is 11.6. The van der Waals surface area contributed by atoms with Gasteiger partial charge in [0.25, 0.3) is 11.8 Å². The topological polar surface area (TPSA) is 127 Å². The lowest BCUT2D eigenvalue weighted by Crippen LogP contribution is -2.44. The Kier molecular flexibility index (Phi) is 8.12. The van der Waals surface area contributed by atoms with E-state index in [-0.39, 0.29) is 23.2 Å². The van der Waals surface area contributed by atoms with Crippen LogP contribution >= 0.6 is 0 Å². The van der Waals surface area contributed by atoms with Crippen molar-refractivity contribution in [3.63, 3.8) is 0 Å². The van der Waals surface area contributed by atoms with E-state index in [2.05, 4.69) is 15.6 Å². The summed E-state index contributed by atoms with van der Waals surface area (Å²) in [5.41, 5.74) is 2.08. The molecule has 1 unspecified atom stereocenters. The third-order valence-electron chi connectivity index (χ3n) is 5.75. The van der Waals surface area contributed by atoms with Crippen molar-refractivity contribution in [3.8, 4) is 0 Å². The quantitative estimate of drug-likeness (QED) is 0.291. The highest BCUT2D eigenvalue weighted by Crippen LogP contribution is 2.20. The van der Waals surface area contributed by atoms with Crippen LogP contribution in [0.1, 0.15) is 26.3 Å². The van der Waals surface area contributed by atoms with E-state index in [1.807, 2.05) is 24.3 Å². The molecule has 10 heteroatoms. The fourth-order valence-corrected chi connectivity index (χ4v) is 3.86. The Labute approximate surface area is 216 Å². The van der Waals surface area contributed by atoms with Crippen molar-refractivity contribution in [1.29, 1.82) is 0 Å². The molecule has 4 rings (SSSR count). The van der Waals surface area contributed by atoms with Gasteiger partial charge in [0, 0.05) is 29.1 Å².